The Bertz CT molecular complexity index is 399. The molecule has 0 N–H and O–H groups in total. The van der Waals surface area contributed by atoms with Crippen molar-refractivity contribution in [1.29, 1.82) is 0 Å². The van der Waals surface area contributed by atoms with Crippen LogP contribution in [0.5, 0.6) is 5.75 Å². The van der Waals surface area contributed by atoms with Gasteiger partial charge in [-0.2, -0.15) is 0 Å². The number of benzene rings is 1. The smallest absolute Gasteiger partial charge is 0.165 e. The highest BCUT2D eigenvalue weighted by Crippen LogP contribution is 2.42. The van der Waals surface area contributed by atoms with Gasteiger partial charge in [0.15, 0.2) is 11.6 Å². The fourth-order valence-electron chi connectivity index (χ4n) is 2.70. The standard InChI is InChI=1S/C15H20BrFO/c1-10-3-5-11(6-4-10)15(16)12-7-8-14(18-2)13(17)9-12/h7-11,15H,3-6H2,1-2H3. The van der Waals surface area contributed by atoms with Crippen molar-refractivity contribution in [3.63, 3.8) is 0 Å². The predicted octanol–water partition coefficient (Wildman–Crippen LogP) is 5.10. The molecule has 0 spiro atoms. The molecular formula is C15H20BrFO. The Kier molecular flexibility index (Phi) is 4.66. The second-order valence-corrected chi connectivity index (χ2v) is 6.30. The van der Waals surface area contributed by atoms with Crippen molar-refractivity contribution in [1.82, 2.24) is 0 Å². The van der Waals surface area contributed by atoms with Crippen LogP contribution >= 0.6 is 15.9 Å². The third-order valence-corrected chi connectivity index (χ3v) is 5.24. The maximum absolute atomic E-state index is 13.7. The van der Waals surface area contributed by atoms with E-state index in [1.807, 2.05) is 6.07 Å². The van der Waals surface area contributed by atoms with Crippen LogP contribution in [-0.4, -0.2) is 7.11 Å². The maximum atomic E-state index is 13.7. The van der Waals surface area contributed by atoms with Crippen molar-refractivity contribution in [2.24, 2.45) is 11.8 Å². The van der Waals surface area contributed by atoms with Gasteiger partial charge in [0.25, 0.3) is 0 Å². The first-order valence-corrected chi connectivity index (χ1v) is 7.51. The van der Waals surface area contributed by atoms with Gasteiger partial charge in [0.2, 0.25) is 0 Å². The molecule has 1 aliphatic rings. The van der Waals surface area contributed by atoms with Gasteiger partial charge in [0.1, 0.15) is 0 Å². The minimum absolute atomic E-state index is 0.255. The van der Waals surface area contributed by atoms with Crippen LogP contribution in [0.1, 0.15) is 43.0 Å². The topological polar surface area (TPSA) is 9.23 Å². The molecule has 0 bridgehead atoms. The van der Waals surface area contributed by atoms with E-state index in [2.05, 4.69) is 22.9 Å². The highest BCUT2D eigenvalue weighted by atomic mass is 79.9. The van der Waals surface area contributed by atoms with Gasteiger partial charge in [0, 0.05) is 4.83 Å². The molecular weight excluding hydrogens is 295 g/mol. The Labute approximate surface area is 117 Å². The monoisotopic (exact) mass is 314 g/mol. The van der Waals surface area contributed by atoms with Crippen LogP contribution in [0, 0.1) is 17.7 Å². The van der Waals surface area contributed by atoms with Crippen LogP contribution in [0.3, 0.4) is 0 Å². The van der Waals surface area contributed by atoms with Gasteiger partial charge in [-0.1, -0.05) is 41.8 Å². The van der Waals surface area contributed by atoms with Crippen LogP contribution in [0.25, 0.3) is 0 Å². The lowest BCUT2D eigenvalue weighted by atomic mass is 9.80. The molecule has 0 amide bonds. The van der Waals surface area contributed by atoms with Gasteiger partial charge in [-0.15, -0.1) is 0 Å². The summed E-state index contributed by atoms with van der Waals surface area (Å²) in [5, 5.41) is 0. The molecule has 0 saturated heterocycles. The van der Waals surface area contributed by atoms with E-state index in [0.29, 0.717) is 11.7 Å². The summed E-state index contributed by atoms with van der Waals surface area (Å²) in [6.45, 7) is 2.31. The van der Waals surface area contributed by atoms with Gasteiger partial charge in [0.05, 0.1) is 7.11 Å². The van der Waals surface area contributed by atoms with Crippen molar-refractivity contribution >= 4 is 15.9 Å². The van der Waals surface area contributed by atoms with E-state index in [0.717, 1.165) is 11.5 Å². The van der Waals surface area contributed by atoms with Gasteiger partial charge in [-0.25, -0.2) is 4.39 Å². The van der Waals surface area contributed by atoms with E-state index in [1.165, 1.54) is 32.8 Å². The number of halogens is 2. The lowest BCUT2D eigenvalue weighted by Crippen LogP contribution is -2.16. The molecule has 1 atom stereocenters. The number of ether oxygens (including phenoxy) is 1. The molecule has 1 saturated carbocycles. The number of alkyl halides is 1. The summed E-state index contributed by atoms with van der Waals surface area (Å²) in [6.07, 6.45) is 5.02. The Morgan fingerprint density at radius 2 is 1.94 bits per heavy atom. The van der Waals surface area contributed by atoms with Crippen molar-refractivity contribution < 1.29 is 9.13 Å². The Hall–Kier alpha value is -0.570. The van der Waals surface area contributed by atoms with E-state index < -0.39 is 0 Å². The summed E-state index contributed by atoms with van der Waals surface area (Å²) in [6, 6.07) is 5.26. The predicted molar refractivity (Wildman–Crippen MR) is 75.7 cm³/mol. The molecule has 1 unspecified atom stereocenters. The first-order chi connectivity index (χ1) is 8.61. The summed E-state index contributed by atoms with van der Waals surface area (Å²) in [5.74, 6) is 1.50. The van der Waals surface area contributed by atoms with Crippen LogP contribution in [0.2, 0.25) is 0 Å². The SMILES string of the molecule is COc1ccc(C(Br)C2CCC(C)CC2)cc1F. The molecule has 0 aliphatic heterocycles. The second-order valence-electron chi connectivity index (χ2n) is 5.32. The second kappa shape index (κ2) is 6.05. The van der Waals surface area contributed by atoms with E-state index in [1.54, 1.807) is 12.1 Å². The van der Waals surface area contributed by atoms with E-state index in [4.69, 9.17) is 4.74 Å². The Balaban J connectivity index is 2.08. The Morgan fingerprint density at radius 1 is 1.28 bits per heavy atom. The molecule has 1 nitrogen and oxygen atoms in total. The third-order valence-electron chi connectivity index (χ3n) is 3.97. The normalized spacial score (nSPS) is 25.8. The van der Waals surface area contributed by atoms with Crippen LogP contribution < -0.4 is 4.74 Å². The molecule has 1 aliphatic carbocycles. The number of hydrogen-bond acceptors (Lipinski definition) is 1. The van der Waals surface area contributed by atoms with E-state index in [-0.39, 0.29) is 10.6 Å². The van der Waals surface area contributed by atoms with Crippen LogP contribution in [0.4, 0.5) is 4.39 Å². The average molecular weight is 315 g/mol. The zero-order valence-electron chi connectivity index (χ0n) is 11.0. The summed E-state index contributed by atoms with van der Waals surface area (Å²) < 4.78 is 18.6. The molecule has 0 aromatic heterocycles. The van der Waals surface area contributed by atoms with Crippen LogP contribution in [0.15, 0.2) is 18.2 Å². The molecule has 18 heavy (non-hydrogen) atoms. The summed E-state index contributed by atoms with van der Waals surface area (Å²) in [7, 11) is 1.49. The number of rotatable bonds is 3. The largest absolute Gasteiger partial charge is 0.494 e. The Morgan fingerprint density at radius 3 is 2.50 bits per heavy atom. The number of hydrogen-bond donors (Lipinski definition) is 0. The summed E-state index contributed by atoms with van der Waals surface area (Å²) >= 11 is 3.74. The maximum Gasteiger partial charge on any atom is 0.165 e. The van der Waals surface area contributed by atoms with E-state index >= 15 is 0 Å². The third kappa shape index (κ3) is 3.05. The summed E-state index contributed by atoms with van der Waals surface area (Å²) in [5.41, 5.74) is 1.02. The molecule has 1 aromatic rings. The molecule has 0 radical (unpaired) electrons. The van der Waals surface area contributed by atoms with Crippen LogP contribution in [-0.2, 0) is 0 Å². The summed E-state index contributed by atoms with van der Waals surface area (Å²) in [4.78, 5) is 0.255. The average Bonchev–Trinajstić information content (AvgIpc) is 2.38. The molecule has 100 valence electrons. The molecule has 2 rings (SSSR count). The highest BCUT2D eigenvalue weighted by molar-refractivity contribution is 9.09. The van der Waals surface area contributed by atoms with Gasteiger partial charge < -0.3 is 4.74 Å². The van der Waals surface area contributed by atoms with Gasteiger partial charge >= 0.3 is 0 Å². The van der Waals surface area contributed by atoms with Crippen molar-refractivity contribution in [3.05, 3.63) is 29.6 Å². The van der Waals surface area contributed by atoms with Crippen molar-refractivity contribution in [2.75, 3.05) is 7.11 Å². The molecule has 3 heteroatoms. The zero-order valence-corrected chi connectivity index (χ0v) is 12.5. The van der Waals surface area contributed by atoms with Gasteiger partial charge in [-0.3, -0.25) is 0 Å². The van der Waals surface area contributed by atoms with Gasteiger partial charge in [-0.05, 0) is 42.4 Å². The quantitative estimate of drug-likeness (QED) is 0.705. The molecule has 1 fully saturated rings. The number of methoxy groups -OCH3 is 1. The lowest BCUT2D eigenvalue weighted by molar-refractivity contribution is 0.287. The lowest BCUT2D eigenvalue weighted by Gasteiger charge is -2.30. The van der Waals surface area contributed by atoms with Crippen molar-refractivity contribution in [3.8, 4) is 5.75 Å². The van der Waals surface area contributed by atoms with Crippen molar-refractivity contribution in [2.45, 2.75) is 37.4 Å². The molecule has 0 heterocycles. The minimum Gasteiger partial charge on any atom is -0.494 e. The highest BCUT2D eigenvalue weighted by Gasteiger charge is 2.25. The fourth-order valence-corrected chi connectivity index (χ4v) is 3.52. The fraction of sp³-hybridized carbons (Fsp3) is 0.600. The first-order valence-electron chi connectivity index (χ1n) is 6.59. The first kappa shape index (κ1) is 13.9. The molecule has 1 aromatic carbocycles. The zero-order chi connectivity index (χ0) is 13.1. The van der Waals surface area contributed by atoms with E-state index in [9.17, 15) is 4.39 Å². The minimum atomic E-state index is -0.274.